The standard InChI is InChI=1S/C17H26BrNO2/c1-13(2)8-6-4-5-7-11-19-17(20)15-10-9-14(18)12-16(15)21-3/h9-10,12-13H,4-8,11H2,1-3H3,(H,19,20). The van der Waals surface area contributed by atoms with Crippen LogP contribution in [0, 0.1) is 5.92 Å². The van der Waals surface area contributed by atoms with Gasteiger partial charge in [0.2, 0.25) is 0 Å². The number of carbonyl (C=O) groups excluding carboxylic acids is 1. The van der Waals surface area contributed by atoms with E-state index in [-0.39, 0.29) is 5.91 Å². The van der Waals surface area contributed by atoms with Crippen molar-refractivity contribution in [3.63, 3.8) is 0 Å². The van der Waals surface area contributed by atoms with Crippen LogP contribution in [-0.2, 0) is 0 Å². The van der Waals surface area contributed by atoms with Crippen molar-refractivity contribution >= 4 is 21.8 Å². The van der Waals surface area contributed by atoms with Gasteiger partial charge in [-0.05, 0) is 30.5 Å². The molecule has 0 radical (unpaired) electrons. The second-order valence-electron chi connectivity index (χ2n) is 5.70. The highest BCUT2D eigenvalue weighted by atomic mass is 79.9. The van der Waals surface area contributed by atoms with Crippen molar-refractivity contribution in [2.75, 3.05) is 13.7 Å². The van der Waals surface area contributed by atoms with Crippen molar-refractivity contribution in [2.24, 2.45) is 5.92 Å². The first-order valence-electron chi connectivity index (χ1n) is 7.66. The minimum Gasteiger partial charge on any atom is -0.496 e. The summed E-state index contributed by atoms with van der Waals surface area (Å²) in [7, 11) is 1.58. The van der Waals surface area contributed by atoms with E-state index < -0.39 is 0 Å². The van der Waals surface area contributed by atoms with E-state index in [1.807, 2.05) is 6.07 Å². The van der Waals surface area contributed by atoms with Gasteiger partial charge in [0.25, 0.3) is 5.91 Å². The second kappa shape index (κ2) is 9.82. The maximum absolute atomic E-state index is 12.1. The summed E-state index contributed by atoms with van der Waals surface area (Å²) in [5, 5.41) is 2.96. The molecule has 1 aromatic carbocycles. The van der Waals surface area contributed by atoms with Gasteiger partial charge in [0, 0.05) is 11.0 Å². The number of benzene rings is 1. The summed E-state index contributed by atoms with van der Waals surface area (Å²) in [6.07, 6.45) is 6.03. The van der Waals surface area contributed by atoms with Crippen LogP contribution in [0.1, 0.15) is 56.3 Å². The Hall–Kier alpha value is -1.03. The number of methoxy groups -OCH3 is 1. The van der Waals surface area contributed by atoms with Crippen LogP contribution in [0.2, 0.25) is 0 Å². The van der Waals surface area contributed by atoms with E-state index >= 15 is 0 Å². The lowest BCUT2D eigenvalue weighted by atomic mass is 10.0. The average Bonchev–Trinajstić information content (AvgIpc) is 2.45. The highest BCUT2D eigenvalue weighted by molar-refractivity contribution is 9.10. The molecule has 0 bridgehead atoms. The minimum absolute atomic E-state index is 0.0680. The van der Waals surface area contributed by atoms with Crippen LogP contribution >= 0.6 is 15.9 Å². The second-order valence-corrected chi connectivity index (χ2v) is 6.61. The molecule has 0 aliphatic carbocycles. The van der Waals surface area contributed by atoms with Crippen LogP contribution in [0.3, 0.4) is 0 Å². The molecule has 21 heavy (non-hydrogen) atoms. The molecule has 1 amide bonds. The van der Waals surface area contributed by atoms with E-state index in [4.69, 9.17) is 4.74 Å². The van der Waals surface area contributed by atoms with Crippen molar-refractivity contribution in [2.45, 2.75) is 46.0 Å². The molecule has 3 nitrogen and oxygen atoms in total. The van der Waals surface area contributed by atoms with Crippen molar-refractivity contribution in [1.29, 1.82) is 0 Å². The fraction of sp³-hybridized carbons (Fsp3) is 0.588. The summed E-state index contributed by atoms with van der Waals surface area (Å²) in [4.78, 5) is 12.1. The molecule has 0 atom stereocenters. The zero-order valence-electron chi connectivity index (χ0n) is 13.2. The number of halogens is 1. The molecule has 0 aromatic heterocycles. The van der Waals surface area contributed by atoms with Crippen LogP contribution in [-0.4, -0.2) is 19.6 Å². The highest BCUT2D eigenvalue weighted by Gasteiger charge is 2.11. The summed E-state index contributed by atoms with van der Waals surface area (Å²) >= 11 is 3.37. The zero-order chi connectivity index (χ0) is 15.7. The monoisotopic (exact) mass is 355 g/mol. The highest BCUT2D eigenvalue weighted by Crippen LogP contribution is 2.23. The first-order chi connectivity index (χ1) is 10.0. The average molecular weight is 356 g/mol. The molecule has 0 fully saturated rings. The van der Waals surface area contributed by atoms with Gasteiger partial charge in [-0.2, -0.15) is 0 Å². The lowest BCUT2D eigenvalue weighted by Crippen LogP contribution is -2.24. The number of amides is 1. The Morgan fingerprint density at radius 2 is 1.95 bits per heavy atom. The fourth-order valence-electron chi connectivity index (χ4n) is 2.18. The van der Waals surface area contributed by atoms with Crippen LogP contribution in [0.15, 0.2) is 22.7 Å². The maximum Gasteiger partial charge on any atom is 0.255 e. The van der Waals surface area contributed by atoms with Gasteiger partial charge in [-0.25, -0.2) is 0 Å². The fourth-order valence-corrected chi connectivity index (χ4v) is 2.52. The van der Waals surface area contributed by atoms with Crippen molar-refractivity contribution in [3.05, 3.63) is 28.2 Å². The van der Waals surface area contributed by atoms with Crippen LogP contribution < -0.4 is 10.1 Å². The molecule has 0 heterocycles. The topological polar surface area (TPSA) is 38.3 Å². The SMILES string of the molecule is COc1cc(Br)ccc1C(=O)NCCCCCCC(C)C. The van der Waals surface area contributed by atoms with Gasteiger partial charge in [-0.3, -0.25) is 4.79 Å². The maximum atomic E-state index is 12.1. The third kappa shape index (κ3) is 6.98. The summed E-state index contributed by atoms with van der Waals surface area (Å²) < 4.78 is 6.14. The molecule has 1 rings (SSSR count). The Morgan fingerprint density at radius 1 is 1.24 bits per heavy atom. The first kappa shape index (κ1) is 18.0. The smallest absolute Gasteiger partial charge is 0.255 e. The van der Waals surface area contributed by atoms with E-state index in [9.17, 15) is 4.79 Å². The van der Waals surface area contributed by atoms with Gasteiger partial charge in [-0.1, -0.05) is 55.5 Å². The van der Waals surface area contributed by atoms with Crippen molar-refractivity contribution < 1.29 is 9.53 Å². The summed E-state index contributed by atoms with van der Waals surface area (Å²) in [5.41, 5.74) is 0.584. The molecule has 4 heteroatoms. The Bertz CT molecular complexity index is 446. The Balaban J connectivity index is 2.28. The lowest BCUT2D eigenvalue weighted by Gasteiger charge is -2.10. The molecule has 0 saturated carbocycles. The van der Waals surface area contributed by atoms with E-state index in [2.05, 4.69) is 35.1 Å². The predicted octanol–water partition coefficient (Wildman–Crippen LogP) is 4.79. The molecule has 0 saturated heterocycles. The quantitative estimate of drug-likeness (QED) is 0.646. The van der Waals surface area contributed by atoms with Gasteiger partial charge >= 0.3 is 0 Å². The number of rotatable bonds is 9. The molecular weight excluding hydrogens is 330 g/mol. The molecule has 1 N–H and O–H groups in total. The first-order valence-corrected chi connectivity index (χ1v) is 8.45. The molecule has 0 unspecified atom stereocenters. The van der Waals surface area contributed by atoms with E-state index in [1.54, 1.807) is 19.2 Å². The van der Waals surface area contributed by atoms with Crippen molar-refractivity contribution in [3.8, 4) is 5.75 Å². The Labute approximate surface area is 136 Å². The molecular formula is C17H26BrNO2. The Morgan fingerprint density at radius 3 is 2.62 bits per heavy atom. The predicted molar refractivity (Wildman–Crippen MR) is 91.0 cm³/mol. The lowest BCUT2D eigenvalue weighted by molar-refractivity contribution is 0.0950. The number of hydrogen-bond acceptors (Lipinski definition) is 2. The molecule has 118 valence electrons. The summed E-state index contributed by atoms with van der Waals surface area (Å²) in [6.45, 7) is 5.23. The van der Waals surface area contributed by atoms with E-state index in [0.29, 0.717) is 11.3 Å². The van der Waals surface area contributed by atoms with Crippen LogP contribution in [0.4, 0.5) is 0 Å². The van der Waals surface area contributed by atoms with Crippen LogP contribution in [0.25, 0.3) is 0 Å². The molecule has 1 aromatic rings. The number of nitrogens with one attached hydrogen (secondary N) is 1. The third-order valence-corrected chi connectivity index (χ3v) is 3.90. The minimum atomic E-state index is -0.0680. The number of hydrogen-bond donors (Lipinski definition) is 1. The van der Waals surface area contributed by atoms with Gasteiger partial charge in [0.1, 0.15) is 5.75 Å². The van der Waals surface area contributed by atoms with Gasteiger partial charge in [0.15, 0.2) is 0 Å². The number of ether oxygens (including phenoxy) is 1. The summed E-state index contributed by atoms with van der Waals surface area (Å²) in [5.74, 6) is 1.31. The zero-order valence-corrected chi connectivity index (χ0v) is 14.8. The van der Waals surface area contributed by atoms with Crippen molar-refractivity contribution in [1.82, 2.24) is 5.32 Å². The number of unbranched alkanes of at least 4 members (excludes halogenated alkanes) is 3. The van der Waals surface area contributed by atoms with E-state index in [1.165, 1.54) is 25.7 Å². The normalized spacial score (nSPS) is 10.7. The molecule has 0 aliphatic heterocycles. The van der Waals surface area contributed by atoms with Gasteiger partial charge < -0.3 is 10.1 Å². The van der Waals surface area contributed by atoms with E-state index in [0.717, 1.165) is 23.4 Å². The number of carbonyl (C=O) groups is 1. The Kier molecular flexibility index (Phi) is 8.43. The summed E-state index contributed by atoms with van der Waals surface area (Å²) in [6, 6.07) is 5.44. The van der Waals surface area contributed by atoms with Gasteiger partial charge in [0.05, 0.1) is 12.7 Å². The molecule has 0 aliphatic rings. The van der Waals surface area contributed by atoms with Gasteiger partial charge in [-0.15, -0.1) is 0 Å². The van der Waals surface area contributed by atoms with Crippen LogP contribution in [0.5, 0.6) is 5.75 Å². The largest absolute Gasteiger partial charge is 0.496 e. The molecule has 0 spiro atoms. The third-order valence-electron chi connectivity index (χ3n) is 3.40.